The smallest absolute Gasteiger partial charge is 0.338 e. The summed E-state index contributed by atoms with van der Waals surface area (Å²) in [5.74, 6) is -0.858. The van der Waals surface area contributed by atoms with E-state index in [2.05, 4.69) is 4.74 Å². The van der Waals surface area contributed by atoms with Gasteiger partial charge in [0.2, 0.25) is 0 Å². The summed E-state index contributed by atoms with van der Waals surface area (Å²) >= 11 is 0. The van der Waals surface area contributed by atoms with E-state index in [0.717, 1.165) is 7.11 Å². The number of methoxy groups -OCH3 is 1. The lowest BCUT2D eigenvalue weighted by Crippen LogP contribution is -2.42. The molecule has 4 nitrogen and oxygen atoms in total. The Balaban J connectivity index is 2.97. The fraction of sp³-hybridized carbons (Fsp3) is 0.364. The molecule has 2 atom stereocenters. The van der Waals surface area contributed by atoms with Crippen LogP contribution in [0.2, 0.25) is 0 Å². The molecule has 1 aromatic carbocycles. The van der Waals surface area contributed by atoms with Crippen LogP contribution in [0, 0.1) is 0 Å². The van der Waals surface area contributed by atoms with Gasteiger partial charge in [-0.15, -0.1) is 0 Å². The van der Waals surface area contributed by atoms with Gasteiger partial charge in [0.15, 0.2) is 6.10 Å². The van der Waals surface area contributed by atoms with Gasteiger partial charge in [0.05, 0.1) is 7.11 Å². The van der Waals surface area contributed by atoms with Crippen LogP contribution in [0.25, 0.3) is 0 Å². The molecule has 2 N–H and O–H groups in total. The first-order chi connectivity index (χ1) is 7.00. The van der Waals surface area contributed by atoms with Crippen LogP contribution in [0.1, 0.15) is 12.5 Å². The Morgan fingerprint density at radius 1 is 1.40 bits per heavy atom. The minimum atomic E-state index is -1.64. The first-order valence-corrected chi connectivity index (χ1v) is 4.54. The molecule has 15 heavy (non-hydrogen) atoms. The number of esters is 1. The van der Waals surface area contributed by atoms with Crippen molar-refractivity contribution in [2.75, 3.05) is 7.11 Å². The van der Waals surface area contributed by atoms with E-state index in [9.17, 15) is 15.0 Å². The third-order valence-electron chi connectivity index (χ3n) is 2.32. The number of aliphatic hydroxyl groups is 2. The van der Waals surface area contributed by atoms with Gasteiger partial charge in [0.25, 0.3) is 0 Å². The monoisotopic (exact) mass is 210 g/mol. The van der Waals surface area contributed by atoms with Gasteiger partial charge in [0.1, 0.15) is 5.60 Å². The lowest BCUT2D eigenvalue weighted by Gasteiger charge is -2.27. The largest absolute Gasteiger partial charge is 0.467 e. The fourth-order valence-electron chi connectivity index (χ4n) is 1.27. The normalized spacial score (nSPS) is 16.5. The number of carbonyl (C=O) groups excluding carboxylic acids is 1. The summed E-state index contributed by atoms with van der Waals surface area (Å²) in [5.41, 5.74) is -1.18. The molecule has 82 valence electrons. The van der Waals surface area contributed by atoms with Crippen LogP contribution in [-0.2, 0) is 15.1 Å². The summed E-state index contributed by atoms with van der Waals surface area (Å²) in [7, 11) is 1.16. The van der Waals surface area contributed by atoms with Crippen molar-refractivity contribution in [3.63, 3.8) is 0 Å². The number of rotatable bonds is 3. The minimum Gasteiger partial charge on any atom is -0.467 e. The standard InChI is InChI=1S/C11H14O4/c1-11(14,9(12)10(13)15-2)8-6-4-3-5-7-8/h3-7,9,12,14H,1-2H3/t9-,11-/m0/s1. The fourth-order valence-corrected chi connectivity index (χ4v) is 1.27. The zero-order valence-corrected chi connectivity index (χ0v) is 8.68. The van der Waals surface area contributed by atoms with Gasteiger partial charge in [-0.2, -0.15) is 0 Å². The molecule has 0 fully saturated rings. The van der Waals surface area contributed by atoms with Gasteiger partial charge >= 0.3 is 5.97 Å². The van der Waals surface area contributed by atoms with Crippen molar-refractivity contribution >= 4 is 5.97 Å². The summed E-state index contributed by atoms with van der Waals surface area (Å²) in [4.78, 5) is 11.1. The van der Waals surface area contributed by atoms with E-state index in [1.54, 1.807) is 30.3 Å². The topological polar surface area (TPSA) is 66.8 Å². The number of aliphatic hydroxyl groups excluding tert-OH is 1. The quantitative estimate of drug-likeness (QED) is 0.710. The number of benzene rings is 1. The van der Waals surface area contributed by atoms with Crippen LogP contribution in [0.4, 0.5) is 0 Å². The summed E-state index contributed by atoms with van der Waals surface area (Å²) in [6.07, 6.45) is -1.59. The first kappa shape index (κ1) is 11.7. The van der Waals surface area contributed by atoms with E-state index in [1.165, 1.54) is 6.92 Å². The molecule has 0 aliphatic rings. The predicted octanol–water partition coefficient (Wildman–Crippen LogP) is 0.428. The molecule has 0 heterocycles. The van der Waals surface area contributed by atoms with Gasteiger partial charge in [-0.3, -0.25) is 0 Å². The Morgan fingerprint density at radius 2 is 1.93 bits per heavy atom. The molecule has 0 bridgehead atoms. The van der Waals surface area contributed by atoms with Crippen molar-refractivity contribution in [2.45, 2.75) is 18.6 Å². The summed E-state index contributed by atoms with van der Waals surface area (Å²) in [6, 6.07) is 8.48. The molecular weight excluding hydrogens is 196 g/mol. The summed E-state index contributed by atoms with van der Waals surface area (Å²) < 4.78 is 4.37. The van der Waals surface area contributed by atoms with Crippen molar-refractivity contribution in [2.24, 2.45) is 0 Å². The van der Waals surface area contributed by atoms with Crippen molar-refractivity contribution in [1.82, 2.24) is 0 Å². The number of hydrogen-bond donors (Lipinski definition) is 2. The van der Waals surface area contributed by atoms with Gasteiger partial charge in [-0.05, 0) is 12.5 Å². The van der Waals surface area contributed by atoms with Crippen LogP contribution in [-0.4, -0.2) is 29.4 Å². The highest BCUT2D eigenvalue weighted by atomic mass is 16.5. The van der Waals surface area contributed by atoms with Gasteiger partial charge in [-0.25, -0.2) is 4.79 Å². The highest BCUT2D eigenvalue weighted by Gasteiger charge is 2.38. The van der Waals surface area contributed by atoms with Crippen LogP contribution in [0.3, 0.4) is 0 Å². The van der Waals surface area contributed by atoms with Crippen LogP contribution >= 0.6 is 0 Å². The Morgan fingerprint density at radius 3 is 2.40 bits per heavy atom. The zero-order chi connectivity index (χ0) is 11.5. The van der Waals surface area contributed by atoms with Crippen LogP contribution in [0.15, 0.2) is 30.3 Å². The molecule has 1 aromatic rings. The van der Waals surface area contributed by atoms with E-state index >= 15 is 0 Å². The zero-order valence-electron chi connectivity index (χ0n) is 8.68. The Bertz CT molecular complexity index is 332. The molecule has 0 spiro atoms. The molecule has 0 unspecified atom stereocenters. The Labute approximate surface area is 88.1 Å². The third-order valence-corrected chi connectivity index (χ3v) is 2.32. The molecule has 0 saturated carbocycles. The van der Waals surface area contributed by atoms with E-state index < -0.39 is 17.7 Å². The average Bonchev–Trinajstić information content (AvgIpc) is 2.28. The molecule has 0 aliphatic carbocycles. The molecule has 0 aromatic heterocycles. The second-order valence-corrected chi connectivity index (χ2v) is 3.44. The second-order valence-electron chi connectivity index (χ2n) is 3.44. The maximum absolute atomic E-state index is 11.1. The van der Waals surface area contributed by atoms with Crippen molar-refractivity contribution in [1.29, 1.82) is 0 Å². The van der Waals surface area contributed by atoms with Crippen LogP contribution < -0.4 is 0 Å². The maximum Gasteiger partial charge on any atom is 0.338 e. The summed E-state index contributed by atoms with van der Waals surface area (Å²) in [6.45, 7) is 1.36. The third kappa shape index (κ3) is 2.34. The average molecular weight is 210 g/mol. The molecule has 1 rings (SSSR count). The van der Waals surface area contributed by atoms with E-state index in [4.69, 9.17) is 0 Å². The summed E-state index contributed by atoms with van der Waals surface area (Å²) in [5, 5.41) is 19.6. The van der Waals surface area contributed by atoms with Gasteiger partial charge in [-0.1, -0.05) is 30.3 Å². The van der Waals surface area contributed by atoms with Gasteiger partial charge < -0.3 is 14.9 Å². The molecule has 0 saturated heterocycles. The minimum absolute atomic E-state index is 0.461. The van der Waals surface area contributed by atoms with Crippen LogP contribution in [0.5, 0.6) is 0 Å². The Kier molecular flexibility index (Phi) is 3.44. The molecule has 0 radical (unpaired) electrons. The number of ether oxygens (including phenoxy) is 1. The molecular formula is C11H14O4. The second kappa shape index (κ2) is 4.42. The molecule has 0 amide bonds. The Hall–Kier alpha value is -1.39. The van der Waals surface area contributed by atoms with E-state index in [1.807, 2.05) is 0 Å². The SMILES string of the molecule is COC(=O)[C@H](O)[C@@](C)(O)c1ccccc1. The number of hydrogen-bond acceptors (Lipinski definition) is 4. The highest BCUT2D eigenvalue weighted by Crippen LogP contribution is 2.24. The van der Waals surface area contributed by atoms with Crippen molar-refractivity contribution in [3.8, 4) is 0 Å². The van der Waals surface area contributed by atoms with Crippen molar-refractivity contribution in [3.05, 3.63) is 35.9 Å². The van der Waals surface area contributed by atoms with Gasteiger partial charge in [0, 0.05) is 0 Å². The number of carbonyl (C=O) groups is 1. The molecule has 0 aliphatic heterocycles. The molecule has 4 heteroatoms. The first-order valence-electron chi connectivity index (χ1n) is 4.54. The van der Waals surface area contributed by atoms with E-state index in [0.29, 0.717) is 5.56 Å². The lowest BCUT2D eigenvalue weighted by atomic mass is 9.90. The maximum atomic E-state index is 11.1. The van der Waals surface area contributed by atoms with Crippen molar-refractivity contribution < 1.29 is 19.7 Å². The van der Waals surface area contributed by atoms with E-state index in [-0.39, 0.29) is 0 Å². The highest BCUT2D eigenvalue weighted by molar-refractivity contribution is 5.76. The lowest BCUT2D eigenvalue weighted by molar-refractivity contribution is -0.166. The predicted molar refractivity (Wildman–Crippen MR) is 54.0 cm³/mol.